The predicted octanol–water partition coefficient (Wildman–Crippen LogP) is 5.63. The lowest BCUT2D eigenvalue weighted by atomic mass is 10.0. The van der Waals surface area contributed by atoms with Crippen molar-refractivity contribution >= 4 is 35.1 Å². The summed E-state index contributed by atoms with van der Waals surface area (Å²) in [6.07, 6.45) is 6.29. The maximum atomic E-state index is 12.6. The van der Waals surface area contributed by atoms with Gasteiger partial charge in [0.2, 0.25) is 0 Å². The molecule has 2 fully saturated rings. The number of carbonyl (C=O) groups excluding carboxylic acids is 2. The van der Waals surface area contributed by atoms with Gasteiger partial charge in [-0.15, -0.1) is 11.8 Å². The number of cyclic esters (lactones) is 1. The van der Waals surface area contributed by atoms with Crippen molar-refractivity contribution in [1.82, 2.24) is 0 Å². The molecule has 1 aliphatic heterocycles. The van der Waals surface area contributed by atoms with Crippen LogP contribution in [0.4, 0.5) is 16.2 Å². The number of hydrogen-bond donors (Lipinski definition) is 1. The number of ether oxygens (including phenoxy) is 1. The Balaban J connectivity index is 1.39. The van der Waals surface area contributed by atoms with Crippen molar-refractivity contribution in [1.29, 1.82) is 0 Å². The fourth-order valence-corrected chi connectivity index (χ4v) is 5.19. The first-order chi connectivity index (χ1) is 14.1. The van der Waals surface area contributed by atoms with Crippen LogP contribution < -0.4 is 10.2 Å². The second-order valence-electron chi connectivity index (χ2n) is 7.62. The van der Waals surface area contributed by atoms with Crippen LogP contribution >= 0.6 is 11.8 Å². The predicted molar refractivity (Wildman–Crippen MR) is 117 cm³/mol. The summed E-state index contributed by atoms with van der Waals surface area (Å²) in [6, 6.07) is 13.3. The van der Waals surface area contributed by atoms with E-state index in [-0.39, 0.29) is 12.0 Å². The molecule has 4 rings (SSSR count). The van der Waals surface area contributed by atoms with Crippen LogP contribution in [-0.4, -0.2) is 30.4 Å². The van der Waals surface area contributed by atoms with Gasteiger partial charge in [-0.25, -0.2) is 4.79 Å². The van der Waals surface area contributed by atoms with E-state index in [1.165, 1.54) is 37.0 Å². The van der Waals surface area contributed by atoms with Gasteiger partial charge in [-0.05, 0) is 67.8 Å². The molecule has 2 amide bonds. The summed E-state index contributed by atoms with van der Waals surface area (Å²) in [5, 5.41) is 3.72. The van der Waals surface area contributed by atoms with Crippen molar-refractivity contribution in [2.24, 2.45) is 0 Å². The van der Waals surface area contributed by atoms with Crippen LogP contribution in [0.3, 0.4) is 0 Å². The monoisotopic (exact) mass is 410 g/mol. The van der Waals surface area contributed by atoms with Crippen LogP contribution in [0.2, 0.25) is 0 Å². The van der Waals surface area contributed by atoms with Gasteiger partial charge >= 0.3 is 6.09 Å². The van der Waals surface area contributed by atoms with E-state index in [4.69, 9.17) is 4.74 Å². The molecule has 2 aromatic carbocycles. The van der Waals surface area contributed by atoms with Crippen molar-refractivity contribution in [3.8, 4) is 0 Å². The summed E-state index contributed by atoms with van der Waals surface area (Å²) in [7, 11) is 0. The Morgan fingerprint density at radius 3 is 2.52 bits per heavy atom. The van der Waals surface area contributed by atoms with Gasteiger partial charge in [0, 0.05) is 27.1 Å². The number of nitrogens with one attached hydrogen (secondary N) is 1. The summed E-state index contributed by atoms with van der Waals surface area (Å²) in [4.78, 5) is 27.1. The first-order valence-corrected chi connectivity index (χ1v) is 11.1. The second-order valence-corrected chi connectivity index (χ2v) is 9.00. The summed E-state index contributed by atoms with van der Waals surface area (Å²) in [6.45, 7) is 2.97. The van der Waals surface area contributed by atoms with E-state index in [1.54, 1.807) is 29.2 Å². The molecule has 0 aromatic heterocycles. The smallest absolute Gasteiger partial charge is 0.414 e. The van der Waals surface area contributed by atoms with Gasteiger partial charge < -0.3 is 10.1 Å². The highest BCUT2D eigenvalue weighted by atomic mass is 32.2. The van der Waals surface area contributed by atoms with E-state index in [9.17, 15) is 9.59 Å². The standard InChI is InChI=1S/C23H26N2O3S/c1-16-15-20(29-19-5-3-2-4-6-19)11-12-21(16)24-22(26)17-7-9-18(10-8-17)25-13-14-28-23(25)27/h7-12,15,19H,2-6,13-14H2,1H3,(H,24,26). The molecule has 152 valence electrons. The fourth-order valence-electron chi connectivity index (χ4n) is 3.84. The van der Waals surface area contributed by atoms with Gasteiger partial charge in [0.1, 0.15) is 6.61 Å². The van der Waals surface area contributed by atoms with Crippen LogP contribution in [0.1, 0.15) is 48.0 Å². The van der Waals surface area contributed by atoms with E-state index < -0.39 is 0 Å². The third kappa shape index (κ3) is 4.75. The molecule has 1 heterocycles. The van der Waals surface area contributed by atoms with Crippen molar-refractivity contribution < 1.29 is 14.3 Å². The van der Waals surface area contributed by atoms with E-state index in [2.05, 4.69) is 17.4 Å². The Hall–Kier alpha value is -2.47. The number of benzene rings is 2. The second kappa shape index (κ2) is 8.91. The average Bonchev–Trinajstić information content (AvgIpc) is 3.17. The number of carbonyl (C=O) groups is 2. The molecular formula is C23H26N2O3S. The molecule has 0 radical (unpaired) electrons. The number of thioether (sulfide) groups is 1. The highest BCUT2D eigenvalue weighted by molar-refractivity contribution is 8.00. The van der Waals surface area contributed by atoms with Crippen molar-refractivity contribution in [3.63, 3.8) is 0 Å². The van der Waals surface area contributed by atoms with Crippen LogP contribution in [0.5, 0.6) is 0 Å². The third-order valence-electron chi connectivity index (χ3n) is 5.50. The molecule has 5 nitrogen and oxygen atoms in total. The largest absolute Gasteiger partial charge is 0.447 e. The highest BCUT2D eigenvalue weighted by Crippen LogP contribution is 2.35. The maximum absolute atomic E-state index is 12.6. The van der Waals surface area contributed by atoms with Crippen molar-refractivity contribution in [2.45, 2.75) is 49.2 Å². The molecule has 1 saturated heterocycles. The molecule has 1 N–H and O–H groups in total. The Morgan fingerprint density at radius 1 is 1.10 bits per heavy atom. The number of anilines is 2. The van der Waals surface area contributed by atoms with Crippen LogP contribution in [-0.2, 0) is 4.74 Å². The number of rotatable bonds is 5. The van der Waals surface area contributed by atoms with Gasteiger partial charge in [-0.2, -0.15) is 0 Å². The minimum Gasteiger partial charge on any atom is -0.447 e. The topological polar surface area (TPSA) is 58.6 Å². The zero-order chi connectivity index (χ0) is 20.2. The van der Waals surface area contributed by atoms with Gasteiger partial charge in [0.15, 0.2) is 0 Å². The number of nitrogens with zero attached hydrogens (tertiary/aromatic N) is 1. The fraction of sp³-hybridized carbons (Fsp3) is 0.391. The normalized spacial score (nSPS) is 17.3. The van der Waals surface area contributed by atoms with E-state index in [1.807, 2.05) is 24.8 Å². The molecule has 0 atom stereocenters. The van der Waals surface area contributed by atoms with E-state index in [0.29, 0.717) is 18.7 Å². The quantitative estimate of drug-likeness (QED) is 0.694. The molecule has 2 aromatic rings. The van der Waals surface area contributed by atoms with Crippen molar-refractivity contribution in [3.05, 3.63) is 53.6 Å². The molecule has 1 saturated carbocycles. The lowest BCUT2D eigenvalue weighted by Crippen LogP contribution is -2.23. The minimum absolute atomic E-state index is 0.156. The van der Waals surface area contributed by atoms with Gasteiger partial charge in [-0.1, -0.05) is 19.3 Å². The highest BCUT2D eigenvalue weighted by Gasteiger charge is 2.23. The molecule has 1 aliphatic carbocycles. The van der Waals surface area contributed by atoms with Gasteiger partial charge in [-0.3, -0.25) is 9.69 Å². The number of hydrogen-bond acceptors (Lipinski definition) is 4. The summed E-state index contributed by atoms with van der Waals surface area (Å²) in [5.74, 6) is -0.156. The Kier molecular flexibility index (Phi) is 6.09. The summed E-state index contributed by atoms with van der Waals surface area (Å²) < 4.78 is 4.95. The summed E-state index contributed by atoms with van der Waals surface area (Å²) in [5.41, 5.74) is 3.19. The van der Waals surface area contributed by atoms with Crippen molar-refractivity contribution in [2.75, 3.05) is 23.4 Å². The molecule has 0 spiro atoms. The summed E-state index contributed by atoms with van der Waals surface area (Å²) >= 11 is 1.96. The number of aryl methyl sites for hydroxylation is 1. The minimum atomic E-state index is -0.344. The molecule has 0 unspecified atom stereocenters. The lowest BCUT2D eigenvalue weighted by molar-refractivity contribution is 0.102. The molecule has 29 heavy (non-hydrogen) atoms. The Labute approximate surface area is 175 Å². The molecule has 2 aliphatic rings. The Bertz CT molecular complexity index is 891. The zero-order valence-corrected chi connectivity index (χ0v) is 17.5. The van der Waals surface area contributed by atoms with Gasteiger partial charge in [0.05, 0.1) is 6.54 Å². The maximum Gasteiger partial charge on any atom is 0.414 e. The zero-order valence-electron chi connectivity index (χ0n) is 16.6. The number of amides is 2. The first-order valence-electron chi connectivity index (χ1n) is 10.2. The van der Waals surface area contributed by atoms with Gasteiger partial charge in [0.25, 0.3) is 5.91 Å². The van der Waals surface area contributed by atoms with E-state index in [0.717, 1.165) is 22.2 Å². The first kappa shape index (κ1) is 19.8. The Morgan fingerprint density at radius 2 is 1.86 bits per heavy atom. The molecular weight excluding hydrogens is 384 g/mol. The van der Waals surface area contributed by atoms with Crippen LogP contribution in [0, 0.1) is 6.92 Å². The molecule has 0 bridgehead atoms. The van der Waals surface area contributed by atoms with Crippen LogP contribution in [0.25, 0.3) is 0 Å². The average molecular weight is 411 g/mol. The van der Waals surface area contributed by atoms with E-state index >= 15 is 0 Å². The SMILES string of the molecule is Cc1cc(SC2CCCCC2)ccc1NC(=O)c1ccc(N2CCOC2=O)cc1. The van der Waals surface area contributed by atoms with Crippen LogP contribution in [0.15, 0.2) is 47.4 Å². The third-order valence-corrected chi connectivity index (χ3v) is 6.83. The lowest BCUT2D eigenvalue weighted by Gasteiger charge is -2.21. The molecule has 6 heteroatoms.